The number of fused-ring (bicyclic) bond motifs is 1. The first-order chi connectivity index (χ1) is 8.24. The highest BCUT2D eigenvalue weighted by Gasteiger charge is 2.45. The third-order valence-corrected chi connectivity index (χ3v) is 4.00. The number of rotatable bonds is 3. The highest BCUT2D eigenvalue weighted by molar-refractivity contribution is 5.73. The van der Waals surface area contributed by atoms with Crippen LogP contribution in [-0.4, -0.2) is 38.5 Å². The minimum atomic E-state index is -0.120. The van der Waals surface area contributed by atoms with E-state index in [1.54, 1.807) is 0 Å². The fraction of sp³-hybridized carbons (Fsp3) is 0.769. The van der Waals surface area contributed by atoms with Crippen LogP contribution in [0.15, 0.2) is 12.2 Å². The molecular formula is C13H18O4. The Morgan fingerprint density at radius 2 is 2.18 bits per heavy atom. The van der Waals surface area contributed by atoms with E-state index in [0.717, 1.165) is 12.8 Å². The smallest absolute Gasteiger partial charge is 0.311 e. The Hall–Kier alpha value is -0.870. The number of carbonyl (C=O) groups excluding carboxylic acids is 1. The van der Waals surface area contributed by atoms with Gasteiger partial charge in [0, 0.05) is 11.8 Å². The molecule has 0 radical (unpaired) electrons. The van der Waals surface area contributed by atoms with Gasteiger partial charge in [-0.05, 0) is 12.8 Å². The first kappa shape index (κ1) is 11.2. The molecule has 17 heavy (non-hydrogen) atoms. The Morgan fingerprint density at radius 3 is 2.94 bits per heavy atom. The van der Waals surface area contributed by atoms with Crippen molar-refractivity contribution in [2.75, 3.05) is 26.4 Å². The van der Waals surface area contributed by atoms with E-state index in [4.69, 9.17) is 14.2 Å². The van der Waals surface area contributed by atoms with Gasteiger partial charge in [0.1, 0.15) is 0 Å². The molecule has 0 spiro atoms. The van der Waals surface area contributed by atoms with Crippen molar-refractivity contribution in [3.05, 3.63) is 12.2 Å². The minimum Gasteiger partial charge on any atom is -0.465 e. The van der Waals surface area contributed by atoms with Crippen LogP contribution in [0.5, 0.6) is 0 Å². The number of hydrogen-bond donors (Lipinski definition) is 0. The van der Waals surface area contributed by atoms with Crippen LogP contribution in [0.25, 0.3) is 0 Å². The standard InChI is InChI=1S/C13H18O4/c1-8-2-9(3-8)4-17-13(14)11-6-16-12-7-15-5-10(11)12/h9-12H,1-7H2. The van der Waals surface area contributed by atoms with Crippen molar-refractivity contribution in [2.24, 2.45) is 17.8 Å². The molecule has 0 aromatic carbocycles. The number of hydrogen-bond acceptors (Lipinski definition) is 4. The summed E-state index contributed by atoms with van der Waals surface area (Å²) in [6.07, 6.45) is 2.11. The van der Waals surface area contributed by atoms with E-state index in [1.807, 2.05) is 0 Å². The zero-order chi connectivity index (χ0) is 11.8. The van der Waals surface area contributed by atoms with Crippen LogP contribution in [0.3, 0.4) is 0 Å². The van der Waals surface area contributed by atoms with E-state index in [1.165, 1.54) is 5.57 Å². The van der Waals surface area contributed by atoms with Crippen molar-refractivity contribution in [3.8, 4) is 0 Å². The fourth-order valence-electron chi connectivity index (χ4n) is 2.87. The van der Waals surface area contributed by atoms with Crippen LogP contribution >= 0.6 is 0 Å². The molecule has 3 unspecified atom stereocenters. The Morgan fingerprint density at radius 1 is 1.35 bits per heavy atom. The average Bonchev–Trinajstić information content (AvgIpc) is 2.83. The van der Waals surface area contributed by atoms with Crippen LogP contribution in [0.2, 0.25) is 0 Å². The maximum absolute atomic E-state index is 11.9. The number of esters is 1. The van der Waals surface area contributed by atoms with Gasteiger partial charge in [-0.1, -0.05) is 12.2 Å². The van der Waals surface area contributed by atoms with Gasteiger partial charge in [0.15, 0.2) is 0 Å². The molecule has 2 aliphatic heterocycles. The molecule has 0 aromatic rings. The van der Waals surface area contributed by atoms with Gasteiger partial charge in [0.05, 0.1) is 38.4 Å². The summed E-state index contributed by atoms with van der Waals surface area (Å²) in [4.78, 5) is 11.9. The molecule has 3 aliphatic rings. The molecule has 2 saturated heterocycles. The summed E-state index contributed by atoms with van der Waals surface area (Å²) in [5.74, 6) is 0.467. The van der Waals surface area contributed by atoms with Crippen LogP contribution in [0.4, 0.5) is 0 Å². The fourth-order valence-corrected chi connectivity index (χ4v) is 2.87. The first-order valence-corrected chi connectivity index (χ1v) is 6.26. The van der Waals surface area contributed by atoms with Crippen molar-refractivity contribution in [2.45, 2.75) is 18.9 Å². The van der Waals surface area contributed by atoms with E-state index in [-0.39, 0.29) is 23.9 Å². The van der Waals surface area contributed by atoms with Crippen LogP contribution in [-0.2, 0) is 19.0 Å². The second kappa shape index (κ2) is 4.42. The van der Waals surface area contributed by atoms with Gasteiger partial charge in [-0.25, -0.2) is 0 Å². The predicted octanol–water partition coefficient (Wildman–Crippen LogP) is 1.16. The van der Waals surface area contributed by atoms with Gasteiger partial charge in [-0.15, -0.1) is 0 Å². The molecule has 0 amide bonds. The Bertz CT molecular complexity index is 330. The molecular weight excluding hydrogens is 220 g/mol. The summed E-state index contributed by atoms with van der Waals surface area (Å²) in [6, 6.07) is 0. The van der Waals surface area contributed by atoms with Gasteiger partial charge in [-0.3, -0.25) is 4.79 Å². The van der Waals surface area contributed by atoms with Gasteiger partial charge in [0.2, 0.25) is 0 Å². The lowest BCUT2D eigenvalue weighted by molar-refractivity contribution is -0.151. The number of carbonyl (C=O) groups is 1. The molecule has 2 heterocycles. The second-order valence-electron chi connectivity index (χ2n) is 5.33. The summed E-state index contributed by atoms with van der Waals surface area (Å²) >= 11 is 0. The molecule has 0 N–H and O–H groups in total. The summed E-state index contributed by atoms with van der Waals surface area (Å²) in [5.41, 5.74) is 1.26. The van der Waals surface area contributed by atoms with Crippen LogP contribution < -0.4 is 0 Å². The molecule has 4 nitrogen and oxygen atoms in total. The number of allylic oxidation sites excluding steroid dienone is 1. The Balaban J connectivity index is 1.47. The molecule has 4 heteroatoms. The predicted molar refractivity (Wildman–Crippen MR) is 60.4 cm³/mol. The topological polar surface area (TPSA) is 44.8 Å². The minimum absolute atomic E-state index is 0.107. The van der Waals surface area contributed by atoms with Crippen LogP contribution in [0, 0.1) is 17.8 Å². The molecule has 3 rings (SSSR count). The Kier molecular flexibility index (Phi) is 2.92. The van der Waals surface area contributed by atoms with E-state index in [9.17, 15) is 4.79 Å². The Labute approximate surface area is 101 Å². The van der Waals surface area contributed by atoms with E-state index in [2.05, 4.69) is 6.58 Å². The SMILES string of the molecule is C=C1CC(COC(=O)C2COC3COCC32)C1. The van der Waals surface area contributed by atoms with Crippen molar-refractivity contribution >= 4 is 5.97 Å². The summed E-state index contributed by atoms with van der Waals surface area (Å²) < 4.78 is 16.2. The van der Waals surface area contributed by atoms with Crippen molar-refractivity contribution in [1.82, 2.24) is 0 Å². The molecule has 3 atom stereocenters. The van der Waals surface area contributed by atoms with E-state index >= 15 is 0 Å². The number of ether oxygens (including phenoxy) is 3. The lowest BCUT2D eigenvalue weighted by Crippen LogP contribution is -2.30. The van der Waals surface area contributed by atoms with Gasteiger partial charge in [-0.2, -0.15) is 0 Å². The monoisotopic (exact) mass is 238 g/mol. The maximum atomic E-state index is 11.9. The van der Waals surface area contributed by atoms with Crippen molar-refractivity contribution in [3.63, 3.8) is 0 Å². The third-order valence-electron chi connectivity index (χ3n) is 4.00. The molecule has 1 saturated carbocycles. The zero-order valence-electron chi connectivity index (χ0n) is 9.89. The normalized spacial score (nSPS) is 36.7. The molecule has 1 aliphatic carbocycles. The highest BCUT2D eigenvalue weighted by Crippen LogP contribution is 2.34. The van der Waals surface area contributed by atoms with Crippen molar-refractivity contribution < 1.29 is 19.0 Å². The molecule has 0 bridgehead atoms. The molecule has 94 valence electrons. The largest absolute Gasteiger partial charge is 0.465 e. The molecule has 0 aromatic heterocycles. The lowest BCUT2D eigenvalue weighted by Gasteiger charge is -2.28. The van der Waals surface area contributed by atoms with Gasteiger partial charge >= 0.3 is 5.97 Å². The van der Waals surface area contributed by atoms with E-state index < -0.39 is 0 Å². The summed E-state index contributed by atoms with van der Waals surface area (Å²) in [7, 11) is 0. The van der Waals surface area contributed by atoms with Crippen molar-refractivity contribution in [1.29, 1.82) is 0 Å². The quantitative estimate of drug-likeness (QED) is 0.546. The maximum Gasteiger partial charge on any atom is 0.311 e. The summed E-state index contributed by atoms with van der Waals surface area (Å²) in [6.45, 7) is 6.16. The zero-order valence-corrected chi connectivity index (χ0v) is 9.89. The first-order valence-electron chi connectivity index (χ1n) is 6.26. The average molecular weight is 238 g/mol. The van der Waals surface area contributed by atoms with Gasteiger partial charge in [0.25, 0.3) is 0 Å². The highest BCUT2D eigenvalue weighted by atomic mass is 16.6. The second-order valence-corrected chi connectivity index (χ2v) is 5.33. The van der Waals surface area contributed by atoms with E-state index in [0.29, 0.717) is 32.3 Å². The van der Waals surface area contributed by atoms with Gasteiger partial charge < -0.3 is 14.2 Å². The third kappa shape index (κ3) is 2.11. The molecule has 3 fully saturated rings. The lowest BCUT2D eigenvalue weighted by atomic mass is 9.82. The summed E-state index contributed by atoms with van der Waals surface area (Å²) in [5, 5.41) is 0. The van der Waals surface area contributed by atoms with Crippen LogP contribution in [0.1, 0.15) is 12.8 Å².